The Kier molecular flexibility index (Phi) is 5.36. The van der Waals surface area contributed by atoms with Gasteiger partial charge in [-0.2, -0.15) is 4.39 Å². The van der Waals surface area contributed by atoms with Crippen LogP contribution in [0.15, 0.2) is 42.5 Å². The van der Waals surface area contributed by atoms with Crippen LogP contribution in [-0.2, 0) is 10.2 Å². The van der Waals surface area contributed by atoms with Crippen molar-refractivity contribution in [2.45, 2.75) is 26.2 Å². The number of carbonyl (C=O) groups is 1. The van der Waals surface area contributed by atoms with Crippen LogP contribution in [0.25, 0.3) is 0 Å². The third-order valence-corrected chi connectivity index (χ3v) is 3.63. The third kappa shape index (κ3) is 5.00. The number of halogens is 1. The van der Waals surface area contributed by atoms with E-state index in [-0.39, 0.29) is 17.9 Å². The van der Waals surface area contributed by atoms with Gasteiger partial charge in [0.1, 0.15) is 0 Å². The predicted octanol–water partition coefficient (Wildman–Crippen LogP) is 4.08. The molecule has 0 aliphatic rings. The number of amides is 1. The van der Waals surface area contributed by atoms with Crippen LogP contribution in [0.4, 0.5) is 21.5 Å². The molecule has 2 aromatic carbocycles. The molecule has 2 N–H and O–H groups in total. The normalized spacial score (nSPS) is 11.0. The first-order valence-electron chi connectivity index (χ1n) is 7.75. The van der Waals surface area contributed by atoms with Gasteiger partial charge in [-0.1, -0.05) is 32.9 Å². The summed E-state index contributed by atoms with van der Waals surface area (Å²) in [5.41, 5.74) is 1.50. The van der Waals surface area contributed by atoms with Crippen LogP contribution in [0.2, 0.25) is 0 Å². The number of hydrogen-bond donors (Lipinski definition) is 2. The van der Waals surface area contributed by atoms with Gasteiger partial charge < -0.3 is 10.6 Å². The Morgan fingerprint density at radius 2 is 1.72 bits per heavy atom. The fourth-order valence-electron chi connectivity index (χ4n) is 2.20. The van der Waals surface area contributed by atoms with Crippen molar-refractivity contribution in [2.75, 3.05) is 17.2 Å². The lowest BCUT2D eigenvalue weighted by Gasteiger charge is -2.19. The zero-order chi connectivity index (χ0) is 18.6. The minimum atomic E-state index is -0.918. The maximum atomic E-state index is 13.3. The molecule has 0 spiro atoms. The van der Waals surface area contributed by atoms with Gasteiger partial charge in [-0.05, 0) is 35.2 Å². The van der Waals surface area contributed by atoms with Crippen LogP contribution in [0.1, 0.15) is 26.3 Å². The van der Waals surface area contributed by atoms with Crippen molar-refractivity contribution in [1.82, 2.24) is 0 Å². The monoisotopic (exact) mass is 345 g/mol. The molecule has 6 nitrogen and oxygen atoms in total. The van der Waals surface area contributed by atoms with E-state index in [0.717, 1.165) is 17.7 Å². The largest absolute Gasteiger partial charge is 0.376 e. The standard InChI is InChI=1S/C18H20FN3O3/c1-18(2,3)12-4-6-13(7-5-12)21-17(23)11-20-14-8-9-15(19)16(10-14)22(24)25/h4-10,20H,11H2,1-3H3,(H,21,23). The van der Waals surface area contributed by atoms with E-state index < -0.39 is 16.4 Å². The lowest BCUT2D eigenvalue weighted by Crippen LogP contribution is -2.22. The molecule has 0 aliphatic carbocycles. The molecule has 0 heterocycles. The van der Waals surface area contributed by atoms with Crippen molar-refractivity contribution >= 4 is 23.0 Å². The first kappa shape index (κ1) is 18.4. The second kappa shape index (κ2) is 7.29. The van der Waals surface area contributed by atoms with E-state index in [9.17, 15) is 19.3 Å². The van der Waals surface area contributed by atoms with Gasteiger partial charge in [0.2, 0.25) is 11.7 Å². The highest BCUT2D eigenvalue weighted by Crippen LogP contribution is 2.24. The number of carbonyl (C=O) groups excluding carboxylic acids is 1. The van der Waals surface area contributed by atoms with Crippen LogP contribution in [0.5, 0.6) is 0 Å². The van der Waals surface area contributed by atoms with Gasteiger partial charge in [0, 0.05) is 17.4 Å². The molecular weight excluding hydrogens is 325 g/mol. The molecule has 0 aliphatic heterocycles. The third-order valence-electron chi connectivity index (χ3n) is 3.63. The number of benzene rings is 2. The Morgan fingerprint density at radius 3 is 2.28 bits per heavy atom. The maximum Gasteiger partial charge on any atom is 0.306 e. The Labute approximate surface area is 145 Å². The molecule has 0 bridgehead atoms. The summed E-state index contributed by atoms with van der Waals surface area (Å²) < 4.78 is 13.3. The Bertz CT molecular complexity index is 783. The fraction of sp³-hybridized carbons (Fsp3) is 0.278. The second-order valence-electron chi connectivity index (χ2n) is 6.65. The minimum absolute atomic E-state index is 0.0292. The van der Waals surface area contributed by atoms with E-state index in [2.05, 4.69) is 31.4 Å². The molecule has 0 saturated carbocycles. The highest BCUT2D eigenvalue weighted by molar-refractivity contribution is 5.93. The molecule has 0 unspecified atom stereocenters. The van der Waals surface area contributed by atoms with Crippen molar-refractivity contribution < 1.29 is 14.1 Å². The van der Waals surface area contributed by atoms with E-state index in [0.29, 0.717) is 11.4 Å². The predicted molar refractivity (Wildman–Crippen MR) is 95.3 cm³/mol. The van der Waals surface area contributed by atoms with E-state index in [1.165, 1.54) is 6.07 Å². The minimum Gasteiger partial charge on any atom is -0.376 e. The van der Waals surface area contributed by atoms with E-state index in [1.54, 1.807) is 0 Å². The number of nitrogens with zero attached hydrogens (tertiary/aromatic N) is 1. The summed E-state index contributed by atoms with van der Waals surface area (Å²) in [5, 5.41) is 16.2. The SMILES string of the molecule is CC(C)(C)c1ccc(NC(=O)CNc2ccc(F)c([N+](=O)[O-])c2)cc1. The van der Waals surface area contributed by atoms with Crippen LogP contribution in [0.3, 0.4) is 0 Å². The topological polar surface area (TPSA) is 84.3 Å². The van der Waals surface area contributed by atoms with Gasteiger partial charge in [-0.25, -0.2) is 0 Å². The molecule has 2 aromatic rings. The lowest BCUT2D eigenvalue weighted by atomic mass is 9.87. The number of nitro groups is 1. The number of rotatable bonds is 5. The molecule has 0 radical (unpaired) electrons. The number of nitrogens with one attached hydrogen (secondary N) is 2. The quantitative estimate of drug-likeness (QED) is 0.632. The Morgan fingerprint density at radius 1 is 1.12 bits per heavy atom. The lowest BCUT2D eigenvalue weighted by molar-refractivity contribution is -0.387. The molecular formula is C18H20FN3O3. The molecule has 0 aromatic heterocycles. The zero-order valence-corrected chi connectivity index (χ0v) is 14.3. The van der Waals surface area contributed by atoms with Gasteiger partial charge >= 0.3 is 5.69 Å². The Balaban J connectivity index is 1.95. The fourth-order valence-corrected chi connectivity index (χ4v) is 2.20. The first-order valence-corrected chi connectivity index (χ1v) is 7.75. The van der Waals surface area contributed by atoms with Gasteiger partial charge in [0.25, 0.3) is 0 Å². The summed E-state index contributed by atoms with van der Waals surface area (Å²) in [4.78, 5) is 21.9. The van der Waals surface area contributed by atoms with Crippen molar-refractivity contribution in [2.24, 2.45) is 0 Å². The van der Waals surface area contributed by atoms with Crippen molar-refractivity contribution in [3.63, 3.8) is 0 Å². The zero-order valence-electron chi connectivity index (χ0n) is 14.3. The molecule has 25 heavy (non-hydrogen) atoms. The van der Waals surface area contributed by atoms with Crippen LogP contribution in [-0.4, -0.2) is 17.4 Å². The summed E-state index contributed by atoms with van der Waals surface area (Å²) in [6.07, 6.45) is 0. The second-order valence-corrected chi connectivity index (χ2v) is 6.65. The molecule has 0 fully saturated rings. The van der Waals surface area contributed by atoms with Crippen molar-refractivity contribution in [3.8, 4) is 0 Å². The Hall–Kier alpha value is -2.96. The van der Waals surface area contributed by atoms with Crippen LogP contribution < -0.4 is 10.6 Å². The van der Waals surface area contributed by atoms with Gasteiger partial charge in [0.15, 0.2) is 0 Å². The highest BCUT2D eigenvalue weighted by atomic mass is 19.1. The average Bonchev–Trinajstić information content (AvgIpc) is 2.53. The van der Waals surface area contributed by atoms with Crippen molar-refractivity contribution in [1.29, 1.82) is 0 Å². The summed E-state index contributed by atoms with van der Waals surface area (Å²) >= 11 is 0. The number of nitro benzene ring substituents is 1. The van der Waals surface area contributed by atoms with E-state index in [1.807, 2.05) is 24.3 Å². The number of anilines is 2. The summed E-state index contributed by atoms with van der Waals surface area (Å²) in [6, 6.07) is 10.9. The molecule has 0 saturated heterocycles. The highest BCUT2D eigenvalue weighted by Gasteiger charge is 2.15. The number of hydrogen-bond acceptors (Lipinski definition) is 4. The summed E-state index contributed by atoms with van der Waals surface area (Å²) in [7, 11) is 0. The van der Waals surface area contributed by atoms with Crippen molar-refractivity contribution in [3.05, 3.63) is 64.0 Å². The summed E-state index contributed by atoms with van der Waals surface area (Å²) in [6.45, 7) is 6.22. The van der Waals surface area contributed by atoms with E-state index in [4.69, 9.17) is 0 Å². The smallest absolute Gasteiger partial charge is 0.306 e. The van der Waals surface area contributed by atoms with E-state index >= 15 is 0 Å². The van der Waals surface area contributed by atoms with Gasteiger partial charge in [0.05, 0.1) is 11.5 Å². The molecule has 7 heteroatoms. The van der Waals surface area contributed by atoms with Gasteiger partial charge in [-0.3, -0.25) is 14.9 Å². The average molecular weight is 345 g/mol. The molecule has 1 amide bonds. The first-order chi connectivity index (χ1) is 11.7. The molecule has 0 atom stereocenters. The molecule has 2 rings (SSSR count). The van der Waals surface area contributed by atoms with Gasteiger partial charge in [-0.15, -0.1) is 0 Å². The summed E-state index contributed by atoms with van der Waals surface area (Å²) in [5.74, 6) is -1.23. The molecule has 132 valence electrons. The van der Waals surface area contributed by atoms with Crippen LogP contribution in [0, 0.1) is 15.9 Å². The van der Waals surface area contributed by atoms with Crippen LogP contribution >= 0.6 is 0 Å². The maximum absolute atomic E-state index is 13.3.